The lowest BCUT2D eigenvalue weighted by Gasteiger charge is -2.42. The number of carbonyl (C=O) groups excluding carboxylic acids is 1. The molecule has 63 heavy (non-hydrogen) atoms. The van der Waals surface area contributed by atoms with Crippen LogP contribution in [0.4, 0.5) is 11.5 Å². The van der Waals surface area contributed by atoms with Gasteiger partial charge < -0.3 is 29.1 Å². The number of amides is 1. The summed E-state index contributed by atoms with van der Waals surface area (Å²) in [4.78, 5) is 32.9. The number of nitriles is 1. The minimum atomic E-state index is -0.905. The van der Waals surface area contributed by atoms with E-state index in [9.17, 15) is 10.1 Å². The average Bonchev–Trinajstić information content (AvgIpc) is 3.75. The minimum Gasteiger partial charge on any atom is -0.462 e. The van der Waals surface area contributed by atoms with E-state index in [1.54, 1.807) is 12.2 Å². The van der Waals surface area contributed by atoms with Gasteiger partial charge in [-0.1, -0.05) is 133 Å². The first-order valence-corrected chi connectivity index (χ1v) is 22.4. The van der Waals surface area contributed by atoms with Crippen molar-refractivity contribution in [3.05, 3.63) is 173 Å². The van der Waals surface area contributed by atoms with Crippen molar-refractivity contribution in [2.75, 3.05) is 62.8 Å². The summed E-state index contributed by atoms with van der Waals surface area (Å²) in [6.45, 7) is 4.51. The first-order chi connectivity index (χ1) is 30.9. The smallest absolute Gasteiger partial charge is 0.318 e. The Kier molecular flexibility index (Phi) is 12.7. The lowest BCUT2D eigenvalue weighted by molar-refractivity contribution is -0.128. The number of rotatable bonds is 13. The Bertz CT molecular complexity index is 2500. The summed E-state index contributed by atoms with van der Waals surface area (Å²) >= 11 is 6.80. The highest BCUT2D eigenvalue weighted by Crippen LogP contribution is 2.41. The van der Waals surface area contributed by atoms with Gasteiger partial charge in [-0.2, -0.15) is 15.2 Å². The highest BCUT2D eigenvalue weighted by Gasteiger charge is 2.38. The summed E-state index contributed by atoms with van der Waals surface area (Å²) in [5.74, 6) is 0.672. The summed E-state index contributed by atoms with van der Waals surface area (Å²) < 4.78 is 13.3. The maximum atomic E-state index is 14.1. The van der Waals surface area contributed by atoms with E-state index in [2.05, 4.69) is 88.5 Å². The van der Waals surface area contributed by atoms with Crippen molar-refractivity contribution in [3.8, 4) is 12.1 Å². The van der Waals surface area contributed by atoms with E-state index in [-0.39, 0.29) is 25.0 Å². The molecule has 11 heteroatoms. The summed E-state index contributed by atoms with van der Waals surface area (Å²) in [5, 5.41) is 12.9. The van der Waals surface area contributed by atoms with Crippen molar-refractivity contribution in [3.63, 3.8) is 0 Å². The van der Waals surface area contributed by atoms with Gasteiger partial charge in [-0.3, -0.25) is 4.79 Å². The molecule has 3 aliphatic heterocycles. The third kappa shape index (κ3) is 8.74. The van der Waals surface area contributed by atoms with Crippen LogP contribution in [0.25, 0.3) is 10.8 Å². The molecule has 0 aliphatic carbocycles. The van der Waals surface area contributed by atoms with E-state index in [1.807, 2.05) is 71.6 Å². The van der Waals surface area contributed by atoms with Gasteiger partial charge in [0.15, 0.2) is 0 Å². The van der Waals surface area contributed by atoms with E-state index in [4.69, 9.17) is 31.0 Å². The molecule has 2 atom stereocenters. The van der Waals surface area contributed by atoms with Crippen LogP contribution in [0.5, 0.6) is 6.01 Å². The molecule has 0 unspecified atom stereocenters. The van der Waals surface area contributed by atoms with Crippen molar-refractivity contribution >= 4 is 39.8 Å². The third-order valence-electron chi connectivity index (χ3n) is 12.9. The summed E-state index contributed by atoms with van der Waals surface area (Å²) in [7, 11) is 2.14. The van der Waals surface area contributed by atoms with Gasteiger partial charge in [0, 0.05) is 54.9 Å². The fourth-order valence-corrected chi connectivity index (χ4v) is 9.90. The third-order valence-corrected chi connectivity index (χ3v) is 13.2. The zero-order valence-electron chi connectivity index (χ0n) is 35.7. The van der Waals surface area contributed by atoms with Crippen LogP contribution in [0.2, 0.25) is 5.02 Å². The van der Waals surface area contributed by atoms with Gasteiger partial charge in [-0.25, -0.2) is 0 Å². The quantitative estimate of drug-likeness (QED) is 0.0834. The molecular weight excluding hydrogens is 806 g/mol. The molecule has 0 N–H and O–H groups in total. The molecule has 0 saturated carbocycles. The lowest BCUT2D eigenvalue weighted by Crippen LogP contribution is -2.55. The predicted molar refractivity (Wildman–Crippen MR) is 249 cm³/mol. The monoisotopic (exact) mass is 857 g/mol. The van der Waals surface area contributed by atoms with Crippen LogP contribution >= 0.6 is 11.6 Å². The van der Waals surface area contributed by atoms with E-state index < -0.39 is 5.60 Å². The molecule has 0 bridgehead atoms. The number of halogens is 1. The van der Waals surface area contributed by atoms with Crippen LogP contribution in [0, 0.1) is 11.3 Å². The average molecular weight is 858 g/mol. The fourth-order valence-electron chi connectivity index (χ4n) is 9.62. The summed E-state index contributed by atoms with van der Waals surface area (Å²) in [6, 6.07) is 45.6. The summed E-state index contributed by atoms with van der Waals surface area (Å²) in [6.07, 6.45) is 6.51. The van der Waals surface area contributed by atoms with Crippen LogP contribution in [0.1, 0.15) is 47.2 Å². The second-order valence-corrected chi connectivity index (χ2v) is 17.0. The Hall–Kier alpha value is -6.25. The van der Waals surface area contributed by atoms with Gasteiger partial charge in [-0.05, 0) is 67.1 Å². The van der Waals surface area contributed by atoms with Crippen LogP contribution in [-0.4, -0.2) is 90.7 Å². The second-order valence-electron chi connectivity index (χ2n) is 16.6. The Balaban J connectivity index is 0.955. The highest BCUT2D eigenvalue weighted by molar-refractivity contribution is 6.36. The number of nitrogens with zero attached hydrogens (tertiary/aromatic N) is 7. The number of fused-ring (bicyclic) bond motifs is 2. The number of aromatic nitrogens is 2. The SMILES string of the molecule is CN1CCC[C@H]1COc1nc2c(c(N3CCN(C(=O)/C=C/COC(c4ccccc4)(c4ccccc4)c4ccccc4)[C@@H](CC#N)C3)n1)CCN(c1cccc3cccc(Cl)c13)C2. The predicted octanol–water partition coefficient (Wildman–Crippen LogP) is 8.81. The standard InChI is InChI=1S/C52H52ClN7O3/c1-57-30-13-23-43(57)37-62-51-55-46-36-58(47-25-12-16-38-15-11-24-45(53)49(38)47)31-28-44(46)50(56-51)59-32-33-60(42(35-59)27-29-54)48(61)26-14-34-63-52(39-17-5-2-6-18-39,40-19-7-3-8-20-40)41-21-9-4-10-22-41/h2-12,14-22,24-26,42-43H,13,23,27-28,30-37H2,1H3/b26-14+/t42-,43-/m0/s1. The number of likely N-dealkylation sites (N-methyl/N-ethyl adjacent to an activating group) is 1. The second kappa shape index (κ2) is 19.0. The fraction of sp³-hybridized carbons (Fsp3) is 0.308. The van der Waals surface area contributed by atoms with Crippen LogP contribution < -0.4 is 14.5 Å². The van der Waals surface area contributed by atoms with E-state index in [0.29, 0.717) is 44.8 Å². The van der Waals surface area contributed by atoms with Crippen LogP contribution in [0.3, 0.4) is 0 Å². The van der Waals surface area contributed by atoms with Gasteiger partial charge in [0.2, 0.25) is 5.91 Å². The molecule has 5 aromatic carbocycles. The first kappa shape index (κ1) is 42.1. The molecule has 1 aromatic heterocycles. The Morgan fingerprint density at radius 2 is 1.51 bits per heavy atom. The normalized spacial score (nSPS) is 18.1. The number of hydrogen-bond donors (Lipinski definition) is 0. The van der Waals surface area contributed by atoms with Gasteiger partial charge in [0.1, 0.15) is 18.0 Å². The highest BCUT2D eigenvalue weighted by atomic mass is 35.5. The first-order valence-electron chi connectivity index (χ1n) is 22.0. The molecule has 4 heterocycles. The molecule has 1 amide bonds. The molecule has 2 saturated heterocycles. The van der Waals surface area contributed by atoms with Crippen LogP contribution in [-0.2, 0) is 28.1 Å². The molecule has 320 valence electrons. The molecule has 3 aliphatic rings. The topological polar surface area (TPSA) is 98.1 Å². The van der Waals surface area contributed by atoms with E-state index in [1.165, 1.54) is 0 Å². The molecule has 10 nitrogen and oxygen atoms in total. The van der Waals surface area contributed by atoms with Gasteiger partial charge >= 0.3 is 6.01 Å². The van der Waals surface area contributed by atoms with E-state index >= 15 is 0 Å². The van der Waals surface area contributed by atoms with Crippen molar-refractivity contribution in [2.45, 2.75) is 49.9 Å². The number of ether oxygens (including phenoxy) is 2. The number of hydrogen-bond acceptors (Lipinski definition) is 9. The number of benzene rings is 5. The Labute approximate surface area is 374 Å². The van der Waals surface area contributed by atoms with Crippen molar-refractivity contribution in [1.29, 1.82) is 5.26 Å². The van der Waals surface area contributed by atoms with Crippen molar-refractivity contribution < 1.29 is 14.3 Å². The zero-order valence-corrected chi connectivity index (χ0v) is 36.4. The number of likely N-dealkylation sites (tertiary alicyclic amines) is 1. The Morgan fingerprint density at radius 3 is 2.16 bits per heavy atom. The van der Waals surface area contributed by atoms with Gasteiger partial charge in [0.25, 0.3) is 0 Å². The van der Waals surface area contributed by atoms with E-state index in [0.717, 1.165) is 87.6 Å². The number of piperazine rings is 1. The van der Waals surface area contributed by atoms with Gasteiger partial charge in [-0.15, -0.1) is 0 Å². The van der Waals surface area contributed by atoms with Crippen LogP contribution in [0.15, 0.2) is 140 Å². The minimum absolute atomic E-state index is 0.151. The molecule has 2 fully saturated rings. The largest absolute Gasteiger partial charge is 0.462 e. The molecule has 0 radical (unpaired) electrons. The Morgan fingerprint density at radius 1 is 0.825 bits per heavy atom. The molecule has 9 rings (SSSR count). The van der Waals surface area contributed by atoms with Crippen molar-refractivity contribution in [1.82, 2.24) is 19.8 Å². The van der Waals surface area contributed by atoms with Crippen molar-refractivity contribution in [2.24, 2.45) is 0 Å². The molecular formula is C52H52ClN7O3. The van der Waals surface area contributed by atoms with Gasteiger partial charge in [0.05, 0.1) is 42.4 Å². The summed E-state index contributed by atoms with van der Waals surface area (Å²) in [5.41, 5.74) is 5.13. The number of carbonyl (C=O) groups is 1. The lowest BCUT2D eigenvalue weighted by atomic mass is 9.80. The maximum absolute atomic E-state index is 14.1. The number of anilines is 2. The molecule has 6 aromatic rings. The maximum Gasteiger partial charge on any atom is 0.318 e. The zero-order chi connectivity index (χ0) is 43.2. The molecule has 0 spiro atoms.